The van der Waals surface area contributed by atoms with E-state index in [2.05, 4.69) is 50.9 Å². The molecule has 1 fully saturated rings. The Labute approximate surface area is 185 Å². The average molecular weight is 427 g/mol. The molecule has 0 spiro atoms. The number of hydrogen-bond donors (Lipinski definition) is 2. The van der Waals surface area contributed by atoms with Crippen molar-refractivity contribution < 1.29 is 14.2 Å². The van der Waals surface area contributed by atoms with Crippen LogP contribution in [0, 0.1) is 0 Å². The Morgan fingerprint density at radius 2 is 1.58 bits per heavy atom. The second kappa shape index (κ2) is 11.5. The van der Waals surface area contributed by atoms with Crippen LogP contribution in [-0.4, -0.2) is 58.9 Å². The SMILES string of the molecule is CN=C(NCc1cc(OC)c(OC)cc1OC)NCC(c1ccccc1)N1CCCC1. The van der Waals surface area contributed by atoms with Gasteiger partial charge in [0.1, 0.15) is 5.75 Å². The summed E-state index contributed by atoms with van der Waals surface area (Å²) in [5, 5.41) is 6.89. The highest BCUT2D eigenvalue weighted by molar-refractivity contribution is 5.79. The third-order valence-corrected chi connectivity index (χ3v) is 5.69. The smallest absolute Gasteiger partial charge is 0.191 e. The Hall–Kier alpha value is -2.93. The summed E-state index contributed by atoms with van der Waals surface area (Å²) in [4.78, 5) is 6.95. The molecule has 3 rings (SSSR count). The molecule has 1 saturated heterocycles. The van der Waals surface area contributed by atoms with Gasteiger partial charge in [-0.05, 0) is 37.6 Å². The summed E-state index contributed by atoms with van der Waals surface area (Å²) < 4.78 is 16.3. The molecule has 0 aromatic heterocycles. The van der Waals surface area contributed by atoms with Gasteiger partial charge >= 0.3 is 0 Å². The van der Waals surface area contributed by atoms with Gasteiger partial charge in [-0.3, -0.25) is 9.89 Å². The third kappa shape index (κ3) is 5.82. The maximum Gasteiger partial charge on any atom is 0.191 e. The predicted molar refractivity (Wildman–Crippen MR) is 124 cm³/mol. The zero-order valence-corrected chi connectivity index (χ0v) is 19.0. The summed E-state index contributed by atoms with van der Waals surface area (Å²) in [6.45, 7) is 3.60. The first-order valence-electron chi connectivity index (χ1n) is 10.7. The van der Waals surface area contributed by atoms with Gasteiger partial charge in [-0.2, -0.15) is 0 Å². The van der Waals surface area contributed by atoms with Crippen molar-refractivity contribution in [1.29, 1.82) is 0 Å². The van der Waals surface area contributed by atoms with E-state index < -0.39 is 0 Å². The maximum atomic E-state index is 5.53. The third-order valence-electron chi connectivity index (χ3n) is 5.69. The van der Waals surface area contributed by atoms with Crippen LogP contribution in [0.15, 0.2) is 47.5 Å². The minimum Gasteiger partial charge on any atom is -0.496 e. The van der Waals surface area contributed by atoms with Crippen LogP contribution < -0.4 is 24.8 Å². The second-order valence-electron chi connectivity index (χ2n) is 7.50. The number of likely N-dealkylation sites (tertiary alicyclic amines) is 1. The van der Waals surface area contributed by atoms with E-state index in [1.54, 1.807) is 28.4 Å². The van der Waals surface area contributed by atoms with Crippen LogP contribution in [0.25, 0.3) is 0 Å². The highest BCUT2D eigenvalue weighted by Crippen LogP contribution is 2.34. The van der Waals surface area contributed by atoms with Gasteiger partial charge in [0.25, 0.3) is 0 Å². The van der Waals surface area contributed by atoms with Gasteiger partial charge in [-0.25, -0.2) is 0 Å². The molecule has 2 N–H and O–H groups in total. The van der Waals surface area contributed by atoms with Crippen LogP contribution in [0.3, 0.4) is 0 Å². The van der Waals surface area contributed by atoms with E-state index in [0.29, 0.717) is 24.1 Å². The lowest BCUT2D eigenvalue weighted by molar-refractivity contribution is 0.245. The maximum absolute atomic E-state index is 5.53. The largest absolute Gasteiger partial charge is 0.496 e. The van der Waals surface area contributed by atoms with E-state index in [4.69, 9.17) is 14.2 Å². The summed E-state index contributed by atoms with van der Waals surface area (Å²) >= 11 is 0. The monoisotopic (exact) mass is 426 g/mol. The molecule has 1 aliphatic rings. The van der Waals surface area contributed by atoms with E-state index >= 15 is 0 Å². The van der Waals surface area contributed by atoms with Crippen LogP contribution in [0.5, 0.6) is 17.2 Å². The number of hydrogen-bond acceptors (Lipinski definition) is 5. The molecule has 0 bridgehead atoms. The number of nitrogens with zero attached hydrogens (tertiary/aromatic N) is 2. The van der Waals surface area contributed by atoms with Crippen LogP contribution in [-0.2, 0) is 6.54 Å². The summed E-state index contributed by atoms with van der Waals surface area (Å²) in [5.41, 5.74) is 2.29. The van der Waals surface area contributed by atoms with Crippen LogP contribution >= 0.6 is 0 Å². The van der Waals surface area contributed by atoms with Crippen molar-refractivity contribution in [3.8, 4) is 17.2 Å². The highest BCUT2D eigenvalue weighted by atomic mass is 16.5. The molecule has 1 aliphatic heterocycles. The average Bonchev–Trinajstić information content (AvgIpc) is 3.35. The van der Waals surface area contributed by atoms with E-state index in [-0.39, 0.29) is 0 Å². The Kier molecular flexibility index (Phi) is 8.41. The number of nitrogens with one attached hydrogen (secondary N) is 2. The fraction of sp³-hybridized carbons (Fsp3) is 0.458. The molecule has 1 atom stereocenters. The molecule has 0 amide bonds. The lowest BCUT2D eigenvalue weighted by atomic mass is 10.1. The molecular formula is C24H34N4O3. The molecule has 0 saturated carbocycles. The van der Waals surface area contributed by atoms with Crippen molar-refractivity contribution >= 4 is 5.96 Å². The highest BCUT2D eigenvalue weighted by Gasteiger charge is 2.23. The van der Waals surface area contributed by atoms with E-state index in [1.165, 1.54) is 18.4 Å². The Morgan fingerprint density at radius 3 is 2.19 bits per heavy atom. The number of benzene rings is 2. The second-order valence-corrected chi connectivity index (χ2v) is 7.50. The molecule has 1 unspecified atom stereocenters. The number of aliphatic imine (C=N–C) groups is 1. The van der Waals surface area contributed by atoms with Crippen molar-refractivity contribution in [2.45, 2.75) is 25.4 Å². The predicted octanol–water partition coefficient (Wildman–Crippen LogP) is 3.21. The first kappa shape index (κ1) is 22.7. The summed E-state index contributed by atoms with van der Waals surface area (Å²) in [6.07, 6.45) is 2.52. The summed E-state index contributed by atoms with van der Waals surface area (Å²) in [7, 11) is 6.68. The Bertz CT molecular complexity index is 851. The number of methoxy groups -OCH3 is 3. The number of ether oxygens (including phenoxy) is 3. The topological polar surface area (TPSA) is 67.4 Å². The van der Waals surface area contributed by atoms with Crippen molar-refractivity contribution in [3.63, 3.8) is 0 Å². The van der Waals surface area contributed by atoms with Gasteiger partial charge in [-0.1, -0.05) is 30.3 Å². The fourth-order valence-electron chi connectivity index (χ4n) is 4.01. The molecule has 168 valence electrons. The lowest BCUT2D eigenvalue weighted by Crippen LogP contribution is -2.42. The molecule has 2 aromatic carbocycles. The van der Waals surface area contributed by atoms with Crippen molar-refractivity contribution in [2.24, 2.45) is 4.99 Å². The number of rotatable bonds is 9. The zero-order valence-electron chi connectivity index (χ0n) is 19.0. The standard InChI is InChI=1S/C24H34N4O3/c1-25-24(26-16-19-14-22(30-3)23(31-4)15-21(19)29-2)27-17-20(28-12-8-9-13-28)18-10-6-5-7-11-18/h5-7,10-11,14-15,20H,8-9,12-13,16-17H2,1-4H3,(H2,25,26,27). The first-order valence-corrected chi connectivity index (χ1v) is 10.7. The van der Waals surface area contributed by atoms with E-state index in [9.17, 15) is 0 Å². The van der Waals surface area contributed by atoms with Crippen LogP contribution in [0.1, 0.15) is 30.0 Å². The Morgan fingerprint density at radius 1 is 0.935 bits per heavy atom. The zero-order chi connectivity index (χ0) is 22.1. The van der Waals surface area contributed by atoms with Crippen LogP contribution in [0.2, 0.25) is 0 Å². The van der Waals surface area contributed by atoms with Crippen molar-refractivity contribution in [3.05, 3.63) is 53.6 Å². The van der Waals surface area contributed by atoms with Gasteiger partial charge in [0.15, 0.2) is 17.5 Å². The molecule has 2 aromatic rings. The molecular weight excluding hydrogens is 392 g/mol. The molecule has 0 radical (unpaired) electrons. The summed E-state index contributed by atoms with van der Waals surface area (Å²) in [5.74, 6) is 2.79. The number of guanidine groups is 1. The van der Waals surface area contributed by atoms with Gasteiger partial charge in [0, 0.05) is 31.8 Å². The van der Waals surface area contributed by atoms with Crippen molar-refractivity contribution in [2.75, 3.05) is 48.0 Å². The lowest BCUT2D eigenvalue weighted by Gasteiger charge is -2.29. The first-order chi connectivity index (χ1) is 15.2. The molecule has 31 heavy (non-hydrogen) atoms. The quantitative estimate of drug-likeness (QED) is 0.474. The Balaban J connectivity index is 1.66. The minimum atomic E-state index is 0.317. The minimum absolute atomic E-state index is 0.317. The van der Waals surface area contributed by atoms with Gasteiger partial charge in [0.05, 0.1) is 27.4 Å². The van der Waals surface area contributed by atoms with Gasteiger partial charge in [0.2, 0.25) is 0 Å². The summed E-state index contributed by atoms with van der Waals surface area (Å²) in [6, 6.07) is 14.8. The van der Waals surface area contributed by atoms with E-state index in [0.717, 1.165) is 36.9 Å². The van der Waals surface area contributed by atoms with Crippen LogP contribution in [0.4, 0.5) is 0 Å². The normalized spacial score (nSPS) is 15.4. The molecule has 0 aliphatic carbocycles. The molecule has 7 heteroatoms. The fourth-order valence-corrected chi connectivity index (χ4v) is 4.01. The molecule has 1 heterocycles. The molecule has 7 nitrogen and oxygen atoms in total. The van der Waals surface area contributed by atoms with E-state index in [1.807, 2.05) is 12.1 Å². The van der Waals surface area contributed by atoms with Crippen molar-refractivity contribution in [1.82, 2.24) is 15.5 Å². The van der Waals surface area contributed by atoms with Gasteiger partial charge in [-0.15, -0.1) is 0 Å². The van der Waals surface area contributed by atoms with Gasteiger partial charge < -0.3 is 24.8 Å².